The van der Waals surface area contributed by atoms with Gasteiger partial charge in [0.05, 0.1) is 23.1 Å². The fourth-order valence-corrected chi connectivity index (χ4v) is 6.63. The first kappa shape index (κ1) is 27.9. The van der Waals surface area contributed by atoms with Crippen LogP contribution in [-0.4, -0.2) is 78.2 Å². The zero-order valence-corrected chi connectivity index (χ0v) is 22.5. The lowest BCUT2D eigenvalue weighted by Crippen LogP contribution is -2.40. The number of hydrogen-bond acceptors (Lipinski definition) is 5. The van der Waals surface area contributed by atoms with Gasteiger partial charge in [0.2, 0.25) is 15.9 Å². The van der Waals surface area contributed by atoms with Crippen molar-refractivity contribution in [2.45, 2.75) is 37.8 Å². The molecule has 9 nitrogen and oxygen atoms in total. The van der Waals surface area contributed by atoms with E-state index in [9.17, 15) is 23.1 Å². The largest absolute Gasteiger partial charge is 0.465 e. The van der Waals surface area contributed by atoms with Crippen LogP contribution in [0.4, 0.5) is 4.79 Å². The van der Waals surface area contributed by atoms with Crippen molar-refractivity contribution in [2.75, 3.05) is 26.7 Å². The molecule has 2 amide bonds. The number of rotatable bonds is 9. The second-order valence-corrected chi connectivity index (χ2v) is 11.2. The van der Waals surface area contributed by atoms with Crippen LogP contribution in [0.25, 0.3) is 0 Å². The molecule has 1 aliphatic heterocycles. The number of amidine groups is 1. The van der Waals surface area contributed by atoms with Gasteiger partial charge in [0.25, 0.3) is 0 Å². The molecule has 12 heteroatoms. The SMILES string of the molecule is CC(C)N(CCC(=O)N(C)Cc1ccc(C2=NCCN2C(=O)O)cc1)S(=O)(=O)c1c(Cl)cccc1Cl. The van der Waals surface area contributed by atoms with Gasteiger partial charge in [-0.05, 0) is 31.5 Å². The Morgan fingerprint density at radius 1 is 1.11 bits per heavy atom. The first-order chi connectivity index (χ1) is 16.9. The number of aliphatic imine (C=N–C) groups is 1. The number of carboxylic acid groups (broad SMARTS) is 1. The fraction of sp³-hybridized carbons (Fsp3) is 0.375. The number of carbonyl (C=O) groups is 2. The molecule has 36 heavy (non-hydrogen) atoms. The monoisotopic (exact) mass is 554 g/mol. The summed E-state index contributed by atoms with van der Waals surface area (Å²) in [5.41, 5.74) is 1.52. The lowest BCUT2D eigenvalue weighted by atomic mass is 10.1. The molecule has 0 aliphatic carbocycles. The van der Waals surface area contributed by atoms with Gasteiger partial charge in [-0.3, -0.25) is 14.7 Å². The van der Waals surface area contributed by atoms with Gasteiger partial charge >= 0.3 is 6.09 Å². The number of halogens is 2. The van der Waals surface area contributed by atoms with E-state index in [4.69, 9.17) is 23.2 Å². The molecule has 0 atom stereocenters. The van der Waals surface area contributed by atoms with Crippen LogP contribution in [0.2, 0.25) is 10.0 Å². The molecule has 1 N–H and O–H groups in total. The third-order valence-corrected chi connectivity index (χ3v) is 8.77. The van der Waals surface area contributed by atoms with E-state index < -0.39 is 22.2 Å². The Bertz CT molecular complexity index is 1250. The molecule has 3 rings (SSSR count). The Hall–Kier alpha value is -2.66. The van der Waals surface area contributed by atoms with Gasteiger partial charge in [-0.15, -0.1) is 0 Å². The number of hydrogen-bond donors (Lipinski definition) is 1. The first-order valence-corrected chi connectivity index (χ1v) is 13.5. The highest BCUT2D eigenvalue weighted by atomic mass is 35.5. The Balaban J connectivity index is 1.65. The molecule has 0 unspecified atom stereocenters. The highest BCUT2D eigenvalue weighted by Gasteiger charge is 2.31. The predicted octanol–water partition coefficient (Wildman–Crippen LogP) is 4.18. The second-order valence-electron chi connectivity index (χ2n) is 8.60. The minimum absolute atomic E-state index is 0.0232. The Morgan fingerprint density at radius 2 is 1.72 bits per heavy atom. The number of nitrogens with zero attached hydrogens (tertiary/aromatic N) is 4. The van der Waals surface area contributed by atoms with Crippen LogP contribution in [0.1, 0.15) is 31.4 Å². The summed E-state index contributed by atoms with van der Waals surface area (Å²) in [5, 5.41) is 9.34. The topological polar surface area (TPSA) is 111 Å². The van der Waals surface area contributed by atoms with Gasteiger partial charge in [0, 0.05) is 38.2 Å². The summed E-state index contributed by atoms with van der Waals surface area (Å²) in [5.74, 6) is 0.175. The minimum Gasteiger partial charge on any atom is -0.465 e. The fourth-order valence-electron chi connectivity index (χ4n) is 3.90. The van der Waals surface area contributed by atoms with Crippen LogP contribution in [0.3, 0.4) is 0 Å². The predicted molar refractivity (Wildman–Crippen MR) is 139 cm³/mol. The maximum Gasteiger partial charge on any atom is 0.413 e. The molecule has 0 bridgehead atoms. The van der Waals surface area contributed by atoms with Gasteiger partial charge < -0.3 is 10.0 Å². The van der Waals surface area contributed by atoms with E-state index in [0.717, 1.165) is 5.56 Å². The molecule has 0 saturated heterocycles. The summed E-state index contributed by atoms with van der Waals surface area (Å²) >= 11 is 12.3. The first-order valence-electron chi connectivity index (χ1n) is 11.3. The molecule has 2 aromatic carbocycles. The molecule has 0 radical (unpaired) electrons. The summed E-state index contributed by atoms with van der Waals surface area (Å²) in [6, 6.07) is 11.2. The molecule has 1 aliphatic rings. The van der Waals surface area contributed by atoms with Crippen LogP contribution in [0.5, 0.6) is 0 Å². The van der Waals surface area contributed by atoms with Crippen LogP contribution in [0.15, 0.2) is 52.4 Å². The van der Waals surface area contributed by atoms with Crippen LogP contribution in [-0.2, 0) is 21.4 Å². The van der Waals surface area contributed by atoms with Crippen molar-refractivity contribution in [1.82, 2.24) is 14.1 Å². The molecular weight excluding hydrogens is 527 g/mol. The van der Waals surface area contributed by atoms with Crippen LogP contribution in [0, 0.1) is 0 Å². The average molecular weight is 555 g/mol. The zero-order valence-electron chi connectivity index (χ0n) is 20.2. The normalized spacial score (nSPS) is 13.9. The molecule has 0 fully saturated rings. The van der Waals surface area contributed by atoms with Crippen LogP contribution < -0.4 is 0 Å². The van der Waals surface area contributed by atoms with E-state index in [1.54, 1.807) is 39.1 Å². The lowest BCUT2D eigenvalue weighted by Gasteiger charge is -2.27. The molecule has 1 heterocycles. The van der Waals surface area contributed by atoms with Crippen molar-refractivity contribution in [3.63, 3.8) is 0 Å². The van der Waals surface area contributed by atoms with E-state index in [0.29, 0.717) is 31.0 Å². The number of amides is 2. The smallest absolute Gasteiger partial charge is 0.413 e. The highest BCUT2D eigenvalue weighted by molar-refractivity contribution is 7.89. The Kier molecular flexibility index (Phi) is 8.99. The lowest BCUT2D eigenvalue weighted by molar-refractivity contribution is -0.130. The number of sulfonamides is 1. The van der Waals surface area contributed by atoms with Gasteiger partial charge in [-0.1, -0.05) is 53.5 Å². The summed E-state index contributed by atoms with van der Waals surface area (Å²) in [6.45, 7) is 4.46. The van der Waals surface area contributed by atoms with Crippen molar-refractivity contribution in [3.05, 3.63) is 63.6 Å². The van der Waals surface area contributed by atoms with Crippen molar-refractivity contribution in [3.8, 4) is 0 Å². The second kappa shape index (κ2) is 11.6. The Labute approximate surface area is 221 Å². The third-order valence-electron chi connectivity index (χ3n) is 5.74. The van der Waals surface area contributed by atoms with E-state index in [2.05, 4.69) is 4.99 Å². The van der Waals surface area contributed by atoms with Gasteiger partial charge in [-0.25, -0.2) is 13.2 Å². The van der Waals surface area contributed by atoms with Crippen molar-refractivity contribution < 1.29 is 23.1 Å². The maximum absolute atomic E-state index is 13.3. The quantitative estimate of drug-likeness (QED) is 0.499. The van der Waals surface area contributed by atoms with Gasteiger partial charge in [0.1, 0.15) is 10.7 Å². The van der Waals surface area contributed by atoms with E-state index >= 15 is 0 Å². The van der Waals surface area contributed by atoms with E-state index in [1.165, 1.54) is 26.2 Å². The average Bonchev–Trinajstić information content (AvgIpc) is 3.29. The molecule has 0 saturated carbocycles. The summed E-state index contributed by atoms with van der Waals surface area (Å²) in [4.78, 5) is 31.0. The number of carbonyl (C=O) groups excluding carboxylic acids is 1. The van der Waals surface area contributed by atoms with Gasteiger partial charge in [-0.2, -0.15) is 4.31 Å². The van der Waals surface area contributed by atoms with E-state index in [-0.39, 0.29) is 33.8 Å². The summed E-state index contributed by atoms with van der Waals surface area (Å²) < 4.78 is 27.8. The maximum atomic E-state index is 13.3. The summed E-state index contributed by atoms with van der Waals surface area (Å²) in [7, 11) is -2.38. The molecule has 194 valence electrons. The zero-order chi connectivity index (χ0) is 26.6. The summed E-state index contributed by atoms with van der Waals surface area (Å²) in [6.07, 6.45) is -1.08. The molecule has 2 aromatic rings. The van der Waals surface area contributed by atoms with Crippen molar-refractivity contribution >= 4 is 51.1 Å². The van der Waals surface area contributed by atoms with E-state index in [1.807, 2.05) is 12.1 Å². The molecular formula is C24H28Cl2N4O5S. The van der Waals surface area contributed by atoms with Gasteiger partial charge in [0.15, 0.2) is 0 Å². The molecule has 0 spiro atoms. The van der Waals surface area contributed by atoms with Crippen molar-refractivity contribution in [1.29, 1.82) is 0 Å². The van der Waals surface area contributed by atoms with Crippen LogP contribution >= 0.6 is 23.2 Å². The third kappa shape index (κ3) is 6.18. The standard InChI is InChI=1S/C24H28Cl2N4O5S/c1-16(2)30(36(34,35)22-19(25)5-4-6-20(22)26)13-11-21(31)28(3)15-17-7-9-18(10-8-17)23-27-12-14-29(23)24(32)33/h4-10,16H,11-15H2,1-3H3,(H,32,33). The Morgan fingerprint density at radius 3 is 2.28 bits per heavy atom. The highest BCUT2D eigenvalue weighted by Crippen LogP contribution is 2.32. The minimum atomic E-state index is -4.02. The number of benzene rings is 2. The molecule has 0 aromatic heterocycles. The van der Waals surface area contributed by atoms with Crippen molar-refractivity contribution in [2.24, 2.45) is 4.99 Å².